The molecule has 0 fully saturated rings. The van der Waals surface area contributed by atoms with E-state index in [1.54, 1.807) is 42.6 Å². The van der Waals surface area contributed by atoms with Crippen LogP contribution in [0.1, 0.15) is 27.9 Å². The van der Waals surface area contributed by atoms with Gasteiger partial charge in [0.1, 0.15) is 5.82 Å². The molecule has 0 aliphatic carbocycles. The molecule has 1 aromatic heterocycles. The van der Waals surface area contributed by atoms with Crippen molar-refractivity contribution in [3.63, 3.8) is 0 Å². The molecule has 0 radical (unpaired) electrons. The van der Waals surface area contributed by atoms with Crippen molar-refractivity contribution in [1.29, 1.82) is 0 Å². The largest absolute Gasteiger partial charge is 0.337 e. The highest BCUT2D eigenvalue weighted by Crippen LogP contribution is 2.18. The summed E-state index contributed by atoms with van der Waals surface area (Å²) in [7, 11) is 0. The van der Waals surface area contributed by atoms with Crippen molar-refractivity contribution >= 4 is 35.0 Å². The maximum Gasteiger partial charge on any atom is 0.319 e. The first kappa shape index (κ1) is 22.5. The molecule has 3 aromatic rings. The number of carbonyl (C=O) groups excluding carboxylic acids is 3. The number of aryl methyl sites for hydroxylation is 2. The van der Waals surface area contributed by atoms with E-state index in [1.807, 2.05) is 38.1 Å². The number of carbonyl (C=O) groups is 3. The van der Waals surface area contributed by atoms with Gasteiger partial charge in [-0.05, 0) is 55.3 Å². The molecule has 164 valence electrons. The van der Waals surface area contributed by atoms with E-state index in [0.29, 0.717) is 22.8 Å². The van der Waals surface area contributed by atoms with Crippen molar-refractivity contribution in [3.05, 3.63) is 83.6 Å². The van der Waals surface area contributed by atoms with Crippen LogP contribution in [0.3, 0.4) is 0 Å². The van der Waals surface area contributed by atoms with Gasteiger partial charge in [-0.3, -0.25) is 9.59 Å². The number of nitrogens with zero attached hydrogens (tertiary/aromatic N) is 1. The Hall–Kier alpha value is -4.20. The summed E-state index contributed by atoms with van der Waals surface area (Å²) in [5.74, 6) is -0.0651. The Balaban J connectivity index is 1.49. The van der Waals surface area contributed by atoms with Gasteiger partial charge in [0.25, 0.3) is 5.91 Å². The van der Waals surface area contributed by atoms with Gasteiger partial charge in [0, 0.05) is 36.1 Å². The highest BCUT2D eigenvalue weighted by molar-refractivity contribution is 6.05. The number of amides is 4. The lowest BCUT2D eigenvalue weighted by atomic mass is 10.1. The molecule has 0 aliphatic rings. The van der Waals surface area contributed by atoms with Gasteiger partial charge >= 0.3 is 6.03 Å². The smallest absolute Gasteiger partial charge is 0.319 e. The number of urea groups is 1. The Kier molecular flexibility index (Phi) is 7.53. The van der Waals surface area contributed by atoms with E-state index in [9.17, 15) is 14.4 Å². The van der Waals surface area contributed by atoms with E-state index in [-0.39, 0.29) is 24.8 Å². The molecule has 0 bridgehead atoms. The number of hydrogen-bond donors (Lipinski definition) is 4. The molecule has 0 atom stereocenters. The third-order valence-electron chi connectivity index (χ3n) is 4.60. The number of pyridine rings is 1. The second-order valence-corrected chi connectivity index (χ2v) is 7.25. The molecule has 8 heteroatoms. The van der Waals surface area contributed by atoms with E-state index in [4.69, 9.17) is 0 Å². The molecular weight excluding hydrogens is 406 g/mol. The Labute approximate surface area is 186 Å². The summed E-state index contributed by atoms with van der Waals surface area (Å²) in [5.41, 5.74) is 3.42. The normalized spacial score (nSPS) is 10.2. The lowest BCUT2D eigenvalue weighted by molar-refractivity contribution is -0.116. The van der Waals surface area contributed by atoms with Crippen LogP contribution in [-0.4, -0.2) is 29.4 Å². The van der Waals surface area contributed by atoms with E-state index >= 15 is 0 Å². The molecule has 8 nitrogen and oxygen atoms in total. The summed E-state index contributed by atoms with van der Waals surface area (Å²) in [6.45, 7) is 3.89. The average Bonchev–Trinajstić information content (AvgIpc) is 2.77. The maximum atomic E-state index is 12.5. The topological polar surface area (TPSA) is 112 Å². The Morgan fingerprint density at radius 2 is 1.66 bits per heavy atom. The van der Waals surface area contributed by atoms with Gasteiger partial charge in [0.2, 0.25) is 5.91 Å². The van der Waals surface area contributed by atoms with Gasteiger partial charge in [-0.2, -0.15) is 0 Å². The SMILES string of the molecule is Cc1ccc(NC(=O)CCNC(=O)Nc2cc(C(=O)Nc3ccccc3)ccc2C)nc1. The summed E-state index contributed by atoms with van der Waals surface area (Å²) in [6.07, 6.45) is 1.76. The summed E-state index contributed by atoms with van der Waals surface area (Å²) >= 11 is 0. The molecule has 3 rings (SSSR count). The van der Waals surface area contributed by atoms with E-state index in [2.05, 4.69) is 26.3 Å². The van der Waals surface area contributed by atoms with Crippen LogP contribution >= 0.6 is 0 Å². The van der Waals surface area contributed by atoms with Crippen molar-refractivity contribution in [3.8, 4) is 0 Å². The minimum absolute atomic E-state index is 0.0987. The van der Waals surface area contributed by atoms with Crippen molar-refractivity contribution in [2.24, 2.45) is 0 Å². The molecule has 0 spiro atoms. The summed E-state index contributed by atoms with van der Waals surface area (Å²) in [6, 6.07) is 17.3. The van der Waals surface area contributed by atoms with Gasteiger partial charge in [-0.1, -0.05) is 30.3 Å². The van der Waals surface area contributed by atoms with Crippen molar-refractivity contribution in [1.82, 2.24) is 10.3 Å². The number of hydrogen-bond acceptors (Lipinski definition) is 4. The zero-order chi connectivity index (χ0) is 22.9. The van der Waals surface area contributed by atoms with Gasteiger partial charge in [-0.15, -0.1) is 0 Å². The van der Waals surface area contributed by atoms with Crippen LogP contribution in [0.2, 0.25) is 0 Å². The van der Waals surface area contributed by atoms with Crippen LogP contribution in [0.4, 0.5) is 22.0 Å². The quantitative estimate of drug-likeness (QED) is 0.451. The second-order valence-electron chi connectivity index (χ2n) is 7.25. The minimum atomic E-state index is -0.463. The maximum absolute atomic E-state index is 12.5. The van der Waals surface area contributed by atoms with Crippen LogP contribution < -0.4 is 21.3 Å². The molecule has 0 aliphatic heterocycles. The first-order valence-corrected chi connectivity index (χ1v) is 10.1. The van der Waals surface area contributed by atoms with Crippen LogP contribution in [0.15, 0.2) is 66.9 Å². The van der Waals surface area contributed by atoms with E-state index in [1.165, 1.54) is 0 Å². The van der Waals surface area contributed by atoms with Crippen molar-refractivity contribution in [2.75, 3.05) is 22.5 Å². The number of anilines is 3. The zero-order valence-electron chi connectivity index (χ0n) is 17.9. The zero-order valence-corrected chi connectivity index (χ0v) is 17.9. The lowest BCUT2D eigenvalue weighted by Crippen LogP contribution is -2.32. The molecule has 0 saturated heterocycles. The standard InChI is InChI=1S/C24H25N5O3/c1-16-8-11-21(26-15-16)29-22(30)12-13-25-24(32)28-20-14-18(10-9-17(20)2)23(31)27-19-6-4-3-5-7-19/h3-11,14-15H,12-13H2,1-2H3,(H,27,31)(H2,25,28,32)(H,26,29,30). The molecule has 2 aromatic carbocycles. The third kappa shape index (κ3) is 6.66. The first-order chi connectivity index (χ1) is 15.4. The third-order valence-corrected chi connectivity index (χ3v) is 4.60. The van der Waals surface area contributed by atoms with Crippen LogP contribution in [0, 0.1) is 13.8 Å². The Morgan fingerprint density at radius 1 is 0.875 bits per heavy atom. The Bertz CT molecular complexity index is 1100. The minimum Gasteiger partial charge on any atom is -0.337 e. The second kappa shape index (κ2) is 10.7. The first-order valence-electron chi connectivity index (χ1n) is 10.1. The molecule has 0 saturated carbocycles. The number of para-hydroxylation sites is 1. The van der Waals surface area contributed by atoms with Crippen LogP contribution in [0.25, 0.3) is 0 Å². The van der Waals surface area contributed by atoms with Crippen molar-refractivity contribution in [2.45, 2.75) is 20.3 Å². The predicted molar refractivity (Wildman–Crippen MR) is 125 cm³/mol. The molecule has 4 N–H and O–H groups in total. The molecule has 1 heterocycles. The summed E-state index contributed by atoms with van der Waals surface area (Å²) in [4.78, 5) is 40.8. The molecule has 0 unspecified atom stereocenters. The van der Waals surface area contributed by atoms with Gasteiger partial charge in [0.15, 0.2) is 0 Å². The summed E-state index contributed by atoms with van der Waals surface area (Å²) < 4.78 is 0. The highest BCUT2D eigenvalue weighted by atomic mass is 16.2. The van der Waals surface area contributed by atoms with Gasteiger partial charge in [-0.25, -0.2) is 9.78 Å². The molecular formula is C24H25N5O3. The van der Waals surface area contributed by atoms with Gasteiger partial charge in [0.05, 0.1) is 0 Å². The number of aromatic nitrogens is 1. The average molecular weight is 431 g/mol. The highest BCUT2D eigenvalue weighted by Gasteiger charge is 2.11. The molecule has 32 heavy (non-hydrogen) atoms. The van der Waals surface area contributed by atoms with Gasteiger partial charge < -0.3 is 21.3 Å². The van der Waals surface area contributed by atoms with Crippen LogP contribution in [-0.2, 0) is 4.79 Å². The number of rotatable bonds is 7. The monoisotopic (exact) mass is 431 g/mol. The predicted octanol–water partition coefficient (Wildman–Crippen LogP) is 4.10. The fourth-order valence-electron chi connectivity index (χ4n) is 2.83. The summed E-state index contributed by atoms with van der Waals surface area (Å²) in [5, 5.41) is 10.9. The Morgan fingerprint density at radius 3 is 2.38 bits per heavy atom. The van der Waals surface area contributed by atoms with Crippen molar-refractivity contribution < 1.29 is 14.4 Å². The van der Waals surface area contributed by atoms with E-state index < -0.39 is 6.03 Å². The lowest BCUT2D eigenvalue weighted by Gasteiger charge is -2.12. The fourth-order valence-corrected chi connectivity index (χ4v) is 2.83. The number of benzene rings is 2. The van der Waals surface area contributed by atoms with E-state index in [0.717, 1.165) is 11.1 Å². The fraction of sp³-hybridized carbons (Fsp3) is 0.167. The number of nitrogens with one attached hydrogen (secondary N) is 4. The van der Waals surface area contributed by atoms with Crippen LogP contribution in [0.5, 0.6) is 0 Å². The molecule has 4 amide bonds.